The molecule has 21 heavy (non-hydrogen) atoms. The Morgan fingerprint density at radius 1 is 1.19 bits per heavy atom. The Hall–Kier alpha value is -0.770. The van der Waals surface area contributed by atoms with Crippen molar-refractivity contribution in [2.45, 2.75) is 90.3 Å². The lowest BCUT2D eigenvalue weighted by Gasteiger charge is -2.53. The van der Waals surface area contributed by atoms with Crippen LogP contribution in [0.2, 0.25) is 0 Å². The number of nitrogens with zero attached hydrogens (tertiary/aromatic N) is 1. The molecule has 0 unspecified atom stereocenters. The van der Waals surface area contributed by atoms with Crippen molar-refractivity contribution in [2.24, 2.45) is 11.1 Å². The lowest BCUT2D eigenvalue weighted by Crippen LogP contribution is -2.57. The minimum atomic E-state index is -0.431. The SMILES string of the molecule is CC(C)(C)OC(=O)N1CCC2(CCC(N)CC2)CC1(C)C. The Morgan fingerprint density at radius 2 is 1.76 bits per heavy atom. The lowest BCUT2D eigenvalue weighted by molar-refractivity contribution is -0.0437. The van der Waals surface area contributed by atoms with E-state index in [1.807, 2.05) is 25.7 Å². The zero-order chi connectivity index (χ0) is 15.9. The van der Waals surface area contributed by atoms with Crippen molar-refractivity contribution in [1.82, 2.24) is 4.90 Å². The quantitative estimate of drug-likeness (QED) is 0.742. The van der Waals surface area contributed by atoms with Crippen LogP contribution in [0.3, 0.4) is 0 Å². The number of hydrogen-bond donors (Lipinski definition) is 1. The topological polar surface area (TPSA) is 55.6 Å². The van der Waals surface area contributed by atoms with Crippen molar-refractivity contribution < 1.29 is 9.53 Å². The van der Waals surface area contributed by atoms with E-state index in [0.29, 0.717) is 11.5 Å². The van der Waals surface area contributed by atoms with Crippen LogP contribution in [0.25, 0.3) is 0 Å². The molecule has 4 nitrogen and oxygen atoms in total. The molecule has 1 aliphatic heterocycles. The zero-order valence-electron chi connectivity index (χ0n) is 14.4. The van der Waals surface area contributed by atoms with E-state index in [1.165, 1.54) is 12.8 Å². The van der Waals surface area contributed by atoms with Crippen LogP contribution in [0.15, 0.2) is 0 Å². The van der Waals surface area contributed by atoms with Crippen LogP contribution in [-0.2, 0) is 4.74 Å². The number of rotatable bonds is 0. The van der Waals surface area contributed by atoms with E-state index in [9.17, 15) is 4.79 Å². The molecule has 0 aromatic carbocycles. The third kappa shape index (κ3) is 3.91. The van der Waals surface area contributed by atoms with Crippen LogP contribution < -0.4 is 5.73 Å². The monoisotopic (exact) mass is 296 g/mol. The van der Waals surface area contributed by atoms with Gasteiger partial charge in [0.15, 0.2) is 0 Å². The molecule has 0 aromatic rings. The fourth-order valence-electron chi connectivity index (χ4n) is 4.09. The molecule has 0 radical (unpaired) electrons. The maximum Gasteiger partial charge on any atom is 0.410 e. The van der Waals surface area contributed by atoms with E-state index < -0.39 is 5.60 Å². The van der Waals surface area contributed by atoms with Gasteiger partial charge in [-0.2, -0.15) is 0 Å². The lowest BCUT2D eigenvalue weighted by atomic mass is 9.62. The second-order valence-corrected chi connectivity index (χ2v) is 8.71. The number of amides is 1. The summed E-state index contributed by atoms with van der Waals surface area (Å²) in [5.41, 5.74) is 5.87. The molecular formula is C17H32N2O2. The third-order valence-electron chi connectivity index (χ3n) is 5.11. The maximum atomic E-state index is 12.4. The highest BCUT2D eigenvalue weighted by Crippen LogP contribution is 2.49. The summed E-state index contributed by atoms with van der Waals surface area (Å²) in [4.78, 5) is 14.4. The largest absolute Gasteiger partial charge is 0.444 e. The molecule has 1 amide bonds. The number of likely N-dealkylation sites (tertiary alicyclic amines) is 1. The van der Waals surface area contributed by atoms with Gasteiger partial charge in [0.2, 0.25) is 0 Å². The smallest absolute Gasteiger partial charge is 0.410 e. The molecule has 2 fully saturated rings. The van der Waals surface area contributed by atoms with Gasteiger partial charge in [0.05, 0.1) is 0 Å². The second-order valence-electron chi connectivity index (χ2n) is 8.71. The van der Waals surface area contributed by atoms with E-state index in [-0.39, 0.29) is 11.6 Å². The van der Waals surface area contributed by atoms with E-state index in [4.69, 9.17) is 10.5 Å². The number of nitrogens with two attached hydrogens (primary N) is 1. The number of carbonyl (C=O) groups excluding carboxylic acids is 1. The first-order valence-electron chi connectivity index (χ1n) is 8.29. The van der Waals surface area contributed by atoms with E-state index >= 15 is 0 Å². The standard InChI is InChI=1S/C17H32N2O2/c1-15(2,3)21-14(20)19-11-10-17(12-16(19,4)5)8-6-13(18)7-9-17/h13H,6-12,18H2,1-5H3. The summed E-state index contributed by atoms with van der Waals surface area (Å²) in [5.74, 6) is 0. The summed E-state index contributed by atoms with van der Waals surface area (Å²) in [6, 6.07) is 0.377. The minimum absolute atomic E-state index is 0.137. The normalized spacial score (nSPS) is 33.0. The van der Waals surface area contributed by atoms with Crippen LogP contribution >= 0.6 is 0 Å². The molecule has 4 heteroatoms. The number of hydrogen-bond acceptors (Lipinski definition) is 3. The van der Waals surface area contributed by atoms with Gasteiger partial charge in [0.1, 0.15) is 5.60 Å². The fourth-order valence-corrected chi connectivity index (χ4v) is 4.09. The van der Waals surface area contributed by atoms with Gasteiger partial charge in [0.25, 0.3) is 0 Å². The van der Waals surface area contributed by atoms with Crippen molar-refractivity contribution in [3.63, 3.8) is 0 Å². The van der Waals surface area contributed by atoms with Crippen molar-refractivity contribution in [2.75, 3.05) is 6.54 Å². The summed E-state index contributed by atoms with van der Waals surface area (Å²) >= 11 is 0. The molecule has 1 spiro atoms. The van der Waals surface area contributed by atoms with Crippen LogP contribution in [0, 0.1) is 5.41 Å². The van der Waals surface area contributed by atoms with Gasteiger partial charge in [0, 0.05) is 18.1 Å². The minimum Gasteiger partial charge on any atom is -0.444 e. The van der Waals surface area contributed by atoms with Gasteiger partial charge in [-0.05, 0) is 78.6 Å². The molecule has 2 rings (SSSR count). The summed E-state index contributed by atoms with van der Waals surface area (Å²) in [6.07, 6.45) is 6.65. The number of piperidine rings is 1. The van der Waals surface area contributed by atoms with Gasteiger partial charge in [-0.25, -0.2) is 4.79 Å². The van der Waals surface area contributed by atoms with Gasteiger partial charge in [-0.1, -0.05) is 0 Å². The first kappa shape index (κ1) is 16.6. The summed E-state index contributed by atoms with van der Waals surface area (Å²) < 4.78 is 5.57. The average Bonchev–Trinajstić information content (AvgIpc) is 2.30. The molecule has 2 aliphatic rings. The molecule has 1 saturated carbocycles. The molecule has 1 heterocycles. The molecule has 0 aromatic heterocycles. The Balaban J connectivity index is 2.04. The predicted octanol–water partition coefficient (Wildman–Crippen LogP) is 3.68. The van der Waals surface area contributed by atoms with Crippen molar-refractivity contribution >= 4 is 6.09 Å². The number of carbonyl (C=O) groups is 1. The number of ether oxygens (including phenoxy) is 1. The van der Waals surface area contributed by atoms with Crippen molar-refractivity contribution in [1.29, 1.82) is 0 Å². The second kappa shape index (κ2) is 5.45. The summed E-state index contributed by atoms with van der Waals surface area (Å²) in [5, 5.41) is 0. The first-order valence-corrected chi connectivity index (χ1v) is 8.29. The van der Waals surface area contributed by atoms with E-state index in [2.05, 4.69) is 13.8 Å². The first-order chi connectivity index (χ1) is 9.53. The Kier molecular flexibility index (Phi) is 4.31. The molecule has 1 aliphatic carbocycles. The Labute approximate surface area is 129 Å². The van der Waals surface area contributed by atoms with Gasteiger partial charge in [-0.3, -0.25) is 0 Å². The van der Waals surface area contributed by atoms with Gasteiger partial charge in [-0.15, -0.1) is 0 Å². The maximum absolute atomic E-state index is 12.4. The molecular weight excluding hydrogens is 264 g/mol. The summed E-state index contributed by atoms with van der Waals surface area (Å²) in [6.45, 7) is 10.9. The Bertz CT molecular complexity index is 390. The van der Waals surface area contributed by atoms with Crippen LogP contribution in [0.5, 0.6) is 0 Å². The Morgan fingerprint density at radius 3 is 2.24 bits per heavy atom. The third-order valence-corrected chi connectivity index (χ3v) is 5.11. The molecule has 0 bridgehead atoms. The predicted molar refractivity (Wildman–Crippen MR) is 85.1 cm³/mol. The fraction of sp³-hybridized carbons (Fsp3) is 0.941. The van der Waals surface area contributed by atoms with Crippen molar-refractivity contribution in [3.05, 3.63) is 0 Å². The van der Waals surface area contributed by atoms with E-state index in [0.717, 1.165) is 32.2 Å². The highest BCUT2D eigenvalue weighted by Gasteiger charge is 2.47. The highest BCUT2D eigenvalue weighted by molar-refractivity contribution is 5.69. The molecule has 2 N–H and O–H groups in total. The summed E-state index contributed by atoms with van der Waals surface area (Å²) in [7, 11) is 0. The van der Waals surface area contributed by atoms with Gasteiger partial charge < -0.3 is 15.4 Å². The van der Waals surface area contributed by atoms with Crippen molar-refractivity contribution in [3.8, 4) is 0 Å². The van der Waals surface area contributed by atoms with Crippen LogP contribution in [-0.4, -0.2) is 34.7 Å². The van der Waals surface area contributed by atoms with E-state index in [1.54, 1.807) is 0 Å². The average molecular weight is 296 g/mol. The van der Waals surface area contributed by atoms with Gasteiger partial charge >= 0.3 is 6.09 Å². The molecule has 1 saturated heterocycles. The molecule has 0 atom stereocenters. The van der Waals surface area contributed by atoms with Crippen LogP contribution in [0.4, 0.5) is 4.79 Å². The molecule has 122 valence electrons. The highest BCUT2D eigenvalue weighted by atomic mass is 16.6. The van der Waals surface area contributed by atoms with Crippen LogP contribution in [0.1, 0.15) is 73.1 Å². The zero-order valence-corrected chi connectivity index (χ0v) is 14.4.